The van der Waals surface area contributed by atoms with Crippen LogP contribution in [0.4, 0.5) is 0 Å². The smallest absolute Gasteiger partial charge is 0.337 e. The summed E-state index contributed by atoms with van der Waals surface area (Å²) < 4.78 is 15.6. The van der Waals surface area contributed by atoms with Crippen molar-refractivity contribution in [3.8, 4) is 5.75 Å². The van der Waals surface area contributed by atoms with E-state index in [1.807, 2.05) is 6.92 Å². The van der Waals surface area contributed by atoms with E-state index in [0.717, 1.165) is 11.3 Å². The second kappa shape index (κ2) is 9.69. The number of hydrogen-bond donors (Lipinski definition) is 1. The van der Waals surface area contributed by atoms with Crippen molar-refractivity contribution >= 4 is 23.4 Å². The zero-order valence-corrected chi connectivity index (χ0v) is 19.4. The molecule has 4 rings (SSSR count). The molecular weight excluding hydrogens is 438 g/mol. The van der Waals surface area contributed by atoms with Gasteiger partial charge in [0.05, 0.1) is 24.3 Å². The molecule has 2 unspecified atom stereocenters. The number of rotatable bonds is 7. The molecule has 0 aliphatic carbocycles. The van der Waals surface area contributed by atoms with Gasteiger partial charge in [0.15, 0.2) is 0 Å². The van der Waals surface area contributed by atoms with Crippen molar-refractivity contribution in [2.24, 2.45) is 0 Å². The Bertz CT molecular complexity index is 1150. The van der Waals surface area contributed by atoms with Crippen LogP contribution >= 0.6 is 0 Å². The van der Waals surface area contributed by atoms with E-state index >= 15 is 0 Å². The molecule has 0 spiro atoms. The number of amides is 1. The molecule has 2 aromatic carbocycles. The number of benzene rings is 2. The summed E-state index contributed by atoms with van der Waals surface area (Å²) in [5, 5.41) is 11.2. The zero-order valence-electron chi connectivity index (χ0n) is 19.4. The minimum absolute atomic E-state index is 0.0140. The molecular formula is C26H27NO7. The van der Waals surface area contributed by atoms with Gasteiger partial charge in [0.2, 0.25) is 0 Å². The fourth-order valence-electron chi connectivity index (χ4n) is 4.48. The van der Waals surface area contributed by atoms with Gasteiger partial charge in [0.25, 0.3) is 11.7 Å². The van der Waals surface area contributed by atoms with Crippen LogP contribution in [0.1, 0.15) is 46.4 Å². The number of Topliss-reactive ketones (excluding diaryl/α,β-unsaturated/α-hetero) is 1. The maximum Gasteiger partial charge on any atom is 0.337 e. The minimum atomic E-state index is -0.799. The summed E-state index contributed by atoms with van der Waals surface area (Å²) in [6.45, 7) is 2.65. The quantitative estimate of drug-likeness (QED) is 0.220. The van der Waals surface area contributed by atoms with Gasteiger partial charge in [-0.1, -0.05) is 12.1 Å². The van der Waals surface area contributed by atoms with Gasteiger partial charge in [0.1, 0.15) is 17.6 Å². The molecule has 0 bridgehead atoms. The highest BCUT2D eigenvalue weighted by Gasteiger charge is 2.45. The SMILES string of the molecule is COCCCN1C(=O)C(=O)C(=C(O)c2ccc3c(c2)CC(C)O3)C1c1ccc(C(=O)OC)cc1. The van der Waals surface area contributed by atoms with Crippen LogP contribution in [-0.2, 0) is 25.5 Å². The third-order valence-electron chi connectivity index (χ3n) is 6.10. The number of aliphatic hydroxyl groups excluding tert-OH is 1. The lowest BCUT2D eigenvalue weighted by Gasteiger charge is -2.25. The summed E-state index contributed by atoms with van der Waals surface area (Å²) in [5.74, 6) is -1.41. The number of esters is 1. The summed E-state index contributed by atoms with van der Waals surface area (Å²) in [5.41, 5.74) is 2.34. The van der Waals surface area contributed by atoms with Crippen LogP contribution in [0.5, 0.6) is 5.75 Å². The molecule has 0 aromatic heterocycles. The van der Waals surface area contributed by atoms with Gasteiger partial charge in [-0.25, -0.2) is 4.79 Å². The number of ketones is 1. The Kier molecular flexibility index (Phi) is 6.70. The fourth-order valence-corrected chi connectivity index (χ4v) is 4.48. The number of hydrogen-bond acceptors (Lipinski definition) is 7. The molecule has 0 radical (unpaired) electrons. The molecule has 1 fully saturated rings. The summed E-state index contributed by atoms with van der Waals surface area (Å²) >= 11 is 0. The monoisotopic (exact) mass is 465 g/mol. The number of ether oxygens (including phenoxy) is 3. The topological polar surface area (TPSA) is 102 Å². The molecule has 8 heteroatoms. The van der Waals surface area contributed by atoms with E-state index in [2.05, 4.69) is 0 Å². The van der Waals surface area contributed by atoms with Crippen LogP contribution in [0.25, 0.3) is 5.76 Å². The van der Waals surface area contributed by atoms with E-state index < -0.39 is 23.7 Å². The van der Waals surface area contributed by atoms with Crippen molar-refractivity contribution in [2.45, 2.75) is 31.9 Å². The summed E-state index contributed by atoms with van der Waals surface area (Å²) in [6, 6.07) is 10.9. The molecule has 2 aliphatic heterocycles. The molecule has 1 N–H and O–H groups in total. The second-order valence-electron chi connectivity index (χ2n) is 8.41. The number of methoxy groups -OCH3 is 2. The Labute approximate surface area is 197 Å². The van der Waals surface area contributed by atoms with E-state index in [1.54, 1.807) is 49.6 Å². The average Bonchev–Trinajstić information content (AvgIpc) is 3.34. The third kappa shape index (κ3) is 4.28. The number of likely N-dealkylation sites (tertiary alicyclic amines) is 1. The Morgan fingerprint density at radius 3 is 2.50 bits per heavy atom. The van der Waals surface area contributed by atoms with E-state index in [9.17, 15) is 19.5 Å². The molecule has 34 heavy (non-hydrogen) atoms. The molecule has 1 amide bonds. The normalized spacial score (nSPS) is 20.9. The Balaban J connectivity index is 1.78. The molecule has 2 aliphatic rings. The van der Waals surface area contributed by atoms with Gasteiger partial charge in [0, 0.05) is 32.2 Å². The van der Waals surface area contributed by atoms with E-state index in [1.165, 1.54) is 12.0 Å². The van der Waals surface area contributed by atoms with Gasteiger partial charge in [-0.05, 0) is 54.8 Å². The van der Waals surface area contributed by atoms with Crippen LogP contribution in [0, 0.1) is 0 Å². The first kappa shape index (κ1) is 23.5. The molecule has 1 saturated heterocycles. The first-order valence-electron chi connectivity index (χ1n) is 11.1. The molecule has 0 saturated carbocycles. The van der Waals surface area contributed by atoms with E-state index in [0.29, 0.717) is 36.1 Å². The minimum Gasteiger partial charge on any atom is -0.507 e. The number of aliphatic hydroxyl groups is 1. The fraction of sp³-hybridized carbons (Fsp3) is 0.346. The first-order valence-corrected chi connectivity index (χ1v) is 11.1. The summed E-state index contributed by atoms with van der Waals surface area (Å²) in [4.78, 5) is 39.4. The van der Waals surface area contributed by atoms with Crippen LogP contribution in [-0.4, -0.2) is 61.1 Å². The third-order valence-corrected chi connectivity index (χ3v) is 6.10. The predicted octanol–water partition coefficient (Wildman–Crippen LogP) is 3.25. The van der Waals surface area contributed by atoms with E-state index in [-0.39, 0.29) is 24.0 Å². The maximum atomic E-state index is 13.1. The Hall–Kier alpha value is -3.65. The largest absolute Gasteiger partial charge is 0.507 e. The van der Waals surface area contributed by atoms with Gasteiger partial charge in [-0.15, -0.1) is 0 Å². The van der Waals surface area contributed by atoms with Crippen molar-refractivity contribution in [3.63, 3.8) is 0 Å². The highest BCUT2D eigenvalue weighted by molar-refractivity contribution is 6.46. The van der Waals surface area contributed by atoms with Crippen LogP contribution in [0.15, 0.2) is 48.0 Å². The maximum absolute atomic E-state index is 13.1. The number of carbonyl (C=O) groups excluding carboxylic acids is 3. The predicted molar refractivity (Wildman–Crippen MR) is 124 cm³/mol. The van der Waals surface area contributed by atoms with Crippen molar-refractivity contribution in [1.29, 1.82) is 0 Å². The Morgan fingerprint density at radius 2 is 1.82 bits per heavy atom. The van der Waals surface area contributed by atoms with Crippen molar-refractivity contribution in [2.75, 3.05) is 27.4 Å². The lowest BCUT2D eigenvalue weighted by atomic mass is 9.94. The number of nitrogens with zero attached hydrogens (tertiary/aromatic N) is 1. The lowest BCUT2D eigenvalue weighted by Crippen LogP contribution is -2.31. The molecule has 2 heterocycles. The second-order valence-corrected chi connectivity index (χ2v) is 8.41. The Morgan fingerprint density at radius 1 is 1.12 bits per heavy atom. The highest BCUT2D eigenvalue weighted by Crippen LogP contribution is 2.40. The number of carbonyl (C=O) groups is 3. The van der Waals surface area contributed by atoms with Crippen LogP contribution in [0.2, 0.25) is 0 Å². The van der Waals surface area contributed by atoms with Gasteiger partial charge in [-0.3, -0.25) is 9.59 Å². The lowest BCUT2D eigenvalue weighted by molar-refractivity contribution is -0.140. The molecule has 178 valence electrons. The van der Waals surface area contributed by atoms with Gasteiger partial charge < -0.3 is 24.2 Å². The molecule has 2 aromatic rings. The average molecular weight is 466 g/mol. The van der Waals surface area contributed by atoms with Crippen molar-refractivity contribution < 1.29 is 33.7 Å². The standard InChI is InChI=1S/C26H27NO7/c1-15-13-19-14-18(9-10-20(19)34-15)23(28)21-22(16-5-7-17(8-6-16)26(31)33-3)27(11-4-12-32-2)25(30)24(21)29/h5-10,14-15,22,28H,4,11-13H2,1-3H3. The summed E-state index contributed by atoms with van der Waals surface area (Å²) in [6.07, 6.45) is 1.25. The van der Waals surface area contributed by atoms with Crippen LogP contribution < -0.4 is 4.74 Å². The zero-order chi connectivity index (χ0) is 24.4. The van der Waals surface area contributed by atoms with Gasteiger partial charge in [-0.2, -0.15) is 0 Å². The molecule has 2 atom stereocenters. The highest BCUT2D eigenvalue weighted by atomic mass is 16.5. The molecule has 8 nitrogen and oxygen atoms in total. The van der Waals surface area contributed by atoms with Crippen molar-refractivity contribution in [3.05, 3.63) is 70.3 Å². The van der Waals surface area contributed by atoms with Crippen molar-refractivity contribution in [1.82, 2.24) is 4.90 Å². The van der Waals surface area contributed by atoms with E-state index in [4.69, 9.17) is 14.2 Å². The van der Waals surface area contributed by atoms with Gasteiger partial charge >= 0.3 is 5.97 Å². The van der Waals surface area contributed by atoms with Crippen LogP contribution in [0.3, 0.4) is 0 Å². The number of fused-ring (bicyclic) bond motifs is 1. The first-order chi connectivity index (χ1) is 16.3. The summed E-state index contributed by atoms with van der Waals surface area (Å²) in [7, 11) is 2.86.